The summed E-state index contributed by atoms with van der Waals surface area (Å²) in [6, 6.07) is 16.0. The fraction of sp³-hybridized carbons (Fsp3) is 0.296. The van der Waals surface area contributed by atoms with Crippen LogP contribution in [0.1, 0.15) is 43.4 Å². The molecule has 0 bridgehead atoms. The molecular weight excluding hydrogens is 505 g/mol. The third kappa shape index (κ3) is 6.20. The van der Waals surface area contributed by atoms with Crippen LogP contribution in [0.4, 0.5) is 13.2 Å². The number of amides is 1. The van der Waals surface area contributed by atoms with Crippen molar-refractivity contribution in [3.63, 3.8) is 0 Å². The van der Waals surface area contributed by atoms with Crippen LogP contribution < -0.4 is 5.14 Å². The molecule has 1 heterocycles. The largest absolute Gasteiger partial charge is 0.336 e. The fourth-order valence-electron chi connectivity index (χ4n) is 4.95. The van der Waals surface area contributed by atoms with E-state index in [4.69, 9.17) is 9.32 Å². The van der Waals surface area contributed by atoms with Crippen molar-refractivity contribution in [2.24, 2.45) is 5.14 Å². The summed E-state index contributed by atoms with van der Waals surface area (Å²) in [5.41, 5.74) is 1.68. The van der Waals surface area contributed by atoms with Gasteiger partial charge in [0.15, 0.2) is 0 Å². The molecule has 0 aliphatic carbocycles. The van der Waals surface area contributed by atoms with E-state index in [1.54, 1.807) is 41.3 Å². The van der Waals surface area contributed by atoms with Crippen LogP contribution in [0.25, 0.3) is 11.1 Å². The van der Waals surface area contributed by atoms with E-state index in [0.717, 1.165) is 17.2 Å². The Morgan fingerprint density at radius 1 is 1.00 bits per heavy atom. The van der Waals surface area contributed by atoms with E-state index in [-0.39, 0.29) is 37.0 Å². The van der Waals surface area contributed by atoms with Gasteiger partial charge < -0.3 is 4.90 Å². The predicted molar refractivity (Wildman–Crippen MR) is 133 cm³/mol. The van der Waals surface area contributed by atoms with E-state index in [2.05, 4.69) is 0 Å². The average Bonchev–Trinajstić information content (AvgIpc) is 2.83. The van der Waals surface area contributed by atoms with Crippen molar-refractivity contribution in [1.82, 2.24) is 4.90 Å². The summed E-state index contributed by atoms with van der Waals surface area (Å²) in [7, 11) is -4.14. The van der Waals surface area contributed by atoms with Gasteiger partial charge >= 0.3 is 10.3 Å². The first-order valence-corrected chi connectivity index (χ1v) is 13.2. The number of carbonyl (C=O) groups excluding carboxylic acids is 1. The van der Waals surface area contributed by atoms with Crippen LogP contribution >= 0.6 is 0 Å². The highest BCUT2D eigenvalue weighted by molar-refractivity contribution is 7.84. The first kappa shape index (κ1) is 26.8. The maximum atomic E-state index is 14.2. The molecule has 6 nitrogen and oxygen atoms in total. The van der Waals surface area contributed by atoms with Crippen molar-refractivity contribution in [3.05, 3.63) is 95.3 Å². The second-order valence-corrected chi connectivity index (χ2v) is 10.5. The molecule has 3 aromatic carbocycles. The normalized spacial score (nSPS) is 19.2. The predicted octanol–water partition coefficient (Wildman–Crippen LogP) is 5.00. The van der Waals surface area contributed by atoms with Crippen LogP contribution in [0.3, 0.4) is 0 Å². The Hall–Kier alpha value is -3.21. The molecule has 0 spiro atoms. The van der Waals surface area contributed by atoms with E-state index in [9.17, 15) is 26.4 Å². The summed E-state index contributed by atoms with van der Waals surface area (Å²) < 4.78 is 68.2. The van der Waals surface area contributed by atoms with Crippen molar-refractivity contribution in [2.45, 2.75) is 37.6 Å². The number of piperidine rings is 1. The van der Waals surface area contributed by atoms with E-state index < -0.39 is 33.2 Å². The van der Waals surface area contributed by atoms with Gasteiger partial charge in [-0.25, -0.2) is 18.3 Å². The molecule has 4 rings (SSSR count). The van der Waals surface area contributed by atoms with E-state index in [1.165, 1.54) is 24.3 Å². The number of hydrogen-bond donors (Lipinski definition) is 1. The number of carbonyl (C=O) groups is 1. The Bertz CT molecular complexity index is 1380. The van der Waals surface area contributed by atoms with E-state index in [0.29, 0.717) is 18.5 Å². The summed E-state index contributed by atoms with van der Waals surface area (Å²) in [5, 5.41) is 4.96. The van der Waals surface area contributed by atoms with E-state index in [1.807, 2.05) is 6.92 Å². The molecule has 2 atom stereocenters. The number of rotatable bonds is 8. The van der Waals surface area contributed by atoms with Gasteiger partial charge in [-0.05, 0) is 60.7 Å². The first-order valence-electron chi connectivity index (χ1n) is 11.8. The van der Waals surface area contributed by atoms with Crippen molar-refractivity contribution >= 4 is 16.2 Å². The lowest BCUT2D eigenvalue weighted by Crippen LogP contribution is -2.47. The van der Waals surface area contributed by atoms with Crippen molar-refractivity contribution < 1.29 is 30.6 Å². The highest BCUT2D eigenvalue weighted by atomic mass is 32.2. The maximum Gasteiger partial charge on any atom is 0.333 e. The highest BCUT2D eigenvalue weighted by Crippen LogP contribution is 2.41. The topological polar surface area (TPSA) is 89.7 Å². The number of nitrogens with zero attached hydrogens (tertiary/aromatic N) is 1. The molecule has 10 heteroatoms. The summed E-state index contributed by atoms with van der Waals surface area (Å²) in [6.45, 7) is 2.06. The molecule has 1 amide bonds. The molecule has 3 aromatic rings. The van der Waals surface area contributed by atoms with Gasteiger partial charge in [-0.1, -0.05) is 36.4 Å². The summed E-state index contributed by atoms with van der Waals surface area (Å²) >= 11 is 0. The average molecular weight is 533 g/mol. The van der Waals surface area contributed by atoms with Crippen molar-refractivity contribution in [1.29, 1.82) is 0 Å². The van der Waals surface area contributed by atoms with Gasteiger partial charge in [0.25, 0.3) is 0 Å². The number of hydrogen-bond acceptors (Lipinski definition) is 4. The van der Waals surface area contributed by atoms with Crippen molar-refractivity contribution in [3.8, 4) is 11.1 Å². The van der Waals surface area contributed by atoms with Gasteiger partial charge in [0, 0.05) is 30.0 Å². The van der Waals surface area contributed by atoms with Gasteiger partial charge in [-0.2, -0.15) is 8.42 Å². The minimum Gasteiger partial charge on any atom is -0.336 e. The summed E-state index contributed by atoms with van der Waals surface area (Å²) in [6.07, 6.45) is 0.790. The number of halogens is 3. The third-order valence-corrected chi connectivity index (χ3v) is 7.52. The van der Waals surface area contributed by atoms with Crippen LogP contribution in [0.15, 0.2) is 66.7 Å². The maximum absolute atomic E-state index is 14.2. The lowest BCUT2D eigenvalue weighted by Gasteiger charge is -2.44. The van der Waals surface area contributed by atoms with Crippen LogP contribution in [0.2, 0.25) is 0 Å². The molecule has 1 aliphatic rings. The standard InChI is InChI=1S/C27H27F3N2O4S/c1-18(19-2-4-20(5-3-19)24-11-10-23(29)16-25(24)30)32-14-12-27(17-26(32)33,13-15-36-37(31,34)35)21-6-8-22(28)9-7-21/h2-11,16,18H,12-15,17H2,1H3,(H2,31,34,35)/t18-,27+/m0/s1. The Balaban J connectivity index is 1.52. The zero-order chi connectivity index (χ0) is 26.8. The van der Waals surface area contributed by atoms with Gasteiger partial charge in [-0.15, -0.1) is 0 Å². The third-order valence-electron chi connectivity index (χ3n) is 7.03. The molecule has 0 unspecified atom stereocenters. The quantitative estimate of drug-likeness (QED) is 0.442. The molecule has 0 aromatic heterocycles. The number of likely N-dealkylation sites (tertiary alicyclic amines) is 1. The Kier molecular flexibility index (Phi) is 7.72. The van der Waals surface area contributed by atoms with Gasteiger partial charge in [0.1, 0.15) is 17.5 Å². The molecule has 2 N–H and O–H groups in total. The van der Waals surface area contributed by atoms with E-state index >= 15 is 0 Å². The van der Waals surface area contributed by atoms with Gasteiger partial charge in [-0.3, -0.25) is 8.98 Å². The molecule has 1 fully saturated rings. The number of benzene rings is 3. The minimum atomic E-state index is -4.14. The molecule has 0 radical (unpaired) electrons. The Morgan fingerprint density at radius 2 is 1.65 bits per heavy atom. The minimum absolute atomic E-state index is 0.0792. The van der Waals surface area contributed by atoms with Crippen molar-refractivity contribution in [2.75, 3.05) is 13.2 Å². The zero-order valence-corrected chi connectivity index (χ0v) is 21.0. The van der Waals surface area contributed by atoms with Crippen LogP contribution in [0.5, 0.6) is 0 Å². The molecule has 37 heavy (non-hydrogen) atoms. The van der Waals surface area contributed by atoms with Gasteiger partial charge in [0.2, 0.25) is 5.91 Å². The summed E-state index contributed by atoms with van der Waals surface area (Å²) in [4.78, 5) is 15.1. The second-order valence-electron chi connectivity index (χ2n) is 9.29. The molecular formula is C27H27F3N2O4S. The zero-order valence-electron chi connectivity index (χ0n) is 20.2. The second kappa shape index (κ2) is 10.6. The molecule has 0 saturated carbocycles. The SMILES string of the molecule is C[C@@H](c1ccc(-c2ccc(F)cc2F)cc1)N1CC[C@](CCOS(N)(=O)=O)(c2ccc(F)cc2)CC1=O. The van der Waals surface area contributed by atoms with Gasteiger partial charge in [0.05, 0.1) is 12.6 Å². The Morgan fingerprint density at radius 3 is 2.24 bits per heavy atom. The lowest BCUT2D eigenvalue weighted by atomic mass is 9.70. The number of nitrogens with two attached hydrogens (primary N) is 1. The monoisotopic (exact) mass is 532 g/mol. The smallest absolute Gasteiger partial charge is 0.333 e. The summed E-state index contributed by atoms with van der Waals surface area (Å²) in [5.74, 6) is -1.87. The Labute approximate surface area is 214 Å². The first-order chi connectivity index (χ1) is 17.5. The lowest BCUT2D eigenvalue weighted by molar-refractivity contribution is -0.138. The van der Waals surface area contributed by atoms with Crippen LogP contribution in [-0.4, -0.2) is 32.4 Å². The van der Waals surface area contributed by atoms with Crippen LogP contribution in [0, 0.1) is 17.5 Å². The molecule has 1 aliphatic heterocycles. The fourth-order valence-corrected chi connectivity index (χ4v) is 5.27. The highest BCUT2D eigenvalue weighted by Gasteiger charge is 2.41. The molecule has 196 valence electrons. The molecule has 1 saturated heterocycles. The van der Waals surface area contributed by atoms with Crippen LogP contribution in [-0.2, 0) is 24.7 Å².